The van der Waals surface area contributed by atoms with Crippen molar-refractivity contribution in [2.45, 2.75) is 12.8 Å². The Hall–Kier alpha value is 0.316. The molecule has 1 rings (SSSR count). The summed E-state index contributed by atoms with van der Waals surface area (Å²) in [6, 6.07) is 0. The topological polar surface area (TPSA) is 74.6 Å². The van der Waals surface area contributed by atoms with E-state index < -0.39 is 23.8 Å². The molecule has 0 saturated heterocycles. The van der Waals surface area contributed by atoms with Crippen LogP contribution < -0.4 is 0 Å². The van der Waals surface area contributed by atoms with Crippen LogP contribution in [-0.2, 0) is 9.59 Å². The summed E-state index contributed by atoms with van der Waals surface area (Å²) in [6.45, 7) is 0. The van der Waals surface area contributed by atoms with E-state index in [9.17, 15) is 9.59 Å². The molecule has 0 heterocycles. The third kappa shape index (κ3) is 3.51. The van der Waals surface area contributed by atoms with Crippen LogP contribution in [0.2, 0.25) is 0 Å². The zero-order valence-corrected chi connectivity index (χ0v) is 10.6. The van der Waals surface area contributed by atoms with Gasteiger partial charge in [-0.15, -0.1) is 0 Å². The Balaban J connectivity index is 0.00000144. The van der Waals surface area contributed by atoms with Gasteiger partial charge in [-0.05, 0) is 12.8 Å². The second-order valence-corrected chi connectivity index (χ2v) is 2.81. The summed E-state index contributed by atoms with van der Waals surface area (Å²) < 4.78 is 0. The van der Waals surface area contributed by atoms with Crippen molar-refractivity contribution in [2.75, 3.05) is 0 Å². The van der Waals surface area contributed by atoms with E-state index >= 15 is 0 Å². The molecular formula is C8H10KO4. The molecule has 1 radical (unpaired) electrons. The third-order valence-electron chi connectivity index (χ3n) is 2.02. The van der Waals surface area contributed by atoms with Crippen molar-refractivity contribution >= 4 is 63.3 Å². The van der Waals surface area contributed by atoms with E-state index in [2.05, 4.69) is 0 Å². The molecule has 0 amide bonds. The zero-order valence-electron chi connectivity index (χ0n) is 7.43. The van der Waals surface area contributed by atoms with Crippen LogP contribution in [0.1, 0.15) is 12.8 Å². The van der Waals surface area contributed by atoms with E-state index in [0.29, 0.717) is 12.8 Å². The van der Waals surface area contributed by atoms with Crippen LogP contribution in [0.4, 0.5) is 0 Å². The summed E-state index contributed by atoms with van der Waals surface area (Å²) in [5.74, 6) is -3.69. The standard InChI is InChI=1S/C8H10O4.K/c9-7(10)5-3-1-2-4-6(5)8(11)12;/h1,3,5-6H,2,4H2,(H,9,10)(H,11,12);. The summed E-state index contributed by atoms with van der Waals surface area (Å²) in [5.41, 5.74) is 0. The van der Waals surface area contributed by atoms with E-state index in [-0.39, 0.29) is 51.4 Å². The summed E-state index contributed by atoms with van der Waals surface area (Å²) in [5, 5.41) is 17.3. The molecule has 2 unspecified atom stereocenters. The van der Waals surface area contributed by atoms with Gasteiger partial charge in [-0.3, -0.25) is 9.59 Å². The molecule has 0 aliphatic heterocycles. The van der Waals surface area contributed by atoms with Crippen LogP contribution in [0.5, 0.6) is 0 Å². The fourth-order valence-electron chi connectivity index (χ4n) is 1.36. The average molecular weight is 209 g/mol. The minimum atomic E-state index is -1.06. The molecular weight excluding hydrogens is 199 g/mol. The number of carboxylic acid groups (broad SMARTS) is 2. The first-order valence-corrected chi connectivity index (χ1v) is 3.75. The molecule has 0 aromatic carbocycles. The molecule has 2 N–H and O–H groups in total. The molecule has 67 valence electrons. The number of hydrogen-bond acceptors (Lipinski definition) is 2. The maximum absolute atomic E-state index is 10.6. The number of allylic oxidation sites excluding steroid dienone is 1. The molecule has 13 heavy (non-hydrogen) atoms. The van der Waals surface area contributed by atoms with Crippen molar-refractivity contribution in [3.05, 3.63) is 12.2 Å². The van der Waals surface area contributed by atoms with Gasteiger partial charge >= 0.3 is 11.9 Å². The second-order valence-electron chi connectivity index (χ2n) is 2.81. The van der Waals surface area contributed by atoms with E-state index in [1.54, 1.807) is 6.08 Å². The van der Waals surface area contributed by atoms with Gasteiger partial charge in [0.2, 0.25) is 0 Å². The van der Waals surface area contributed by atoms with Crippen LogP contribution in [0.15, 0.2) is 12.2 Å². The maximum atomic E-state index is 10.6. The molecule has 5 heteroatoms. The molecule has 0 saturated carbocycles. The normalized spacial score (nSPS) is 26.2. The SMILES string of the molecule is O=C(O)C1C=CCCC1C(=O)O.[K]. The van der Waals surface area contributed by atoms with E-state index in [1.165, 1.54) is 6.08 Å². The molecule has 0 fully saturated rings. The molecule has 0 aromatic heterocycles. The first-order valence-electron chi connectivity index (χ1n) is 3.75. The maximum Gasteiger partial charge on any atom is 0.311 e. The van der Waals surface area contributed by atoms with Gasteiger partial charge in [-0.2, -0.15) is 0 Å². The Morgan fingerprint density at radius 1 is 1.23 bits per heavy atom. The van der Waals surface area contributed by atoms with E-state index in [1.807, 2.05) is 0 Å². The second kappa shape index (κ2) is 5.92. The van der Waals surface area contributed by atoms with Crippen molar-refractivity contribution in [3.8, 4) is 0 Å². The zero-order chi connectivity index (χ0) is 9.14. The summed E-state index contributed by atoms with van der Waals surface area (Å²) in [4.78, 5) is 21.1. The Bertz CT molecular complexity index is 236. The fourth-order valence-corrected chi connectivity index (χ4v) is 1.36. The van der Waals surface area contributed by atoms with Crippen LogP contribution in [0.3, 0.4) is 0 Å². The van der Waals surface area contributed by atoms with Gasteiger partial charge in [-0.1, -0.05) is 12.2 Å². The first-order chi connectivity index (χ1) is 5.63. The predicted molar refractivity (Wildman–Crippen MR) is 46.4 cm³/mol. The number of aliphatic carboxylic acids is 2. The number of hydrogen-bond donors (Lipinski definition) is 2. The Morgan fingerprint density at radius 3 is 2.23 bits per heavy atom. The molecule has 2 atom stereocenters. The van der Waals surface area contributed by atoms with Gasteiger partial charge in [-0.25, -0.2) is 0 Å². The van der Waals surface area contributed by atoms with Gasteiger partial charge in [0.25, 0.3) is 0 Å². The van der Waals surface area contributed by atoms with Crippen LogP contribution >= 0.6 is 0 Å². The minimum absolute atomic E-state index is 0. The summed E-state index contributed by atoms with van der Waals surface area (Å²) in [7, 11) is 0. The fraction of sp³-hybridized carbons (Fsp3) is 0.500. The predicted octanol–water partition coefficient (Wildman–Crippen LogP) is 0.357. The monoisotopic (exact) mass is 209 g/mol. The summed E-state index contributed by atoms with van der Waals surface area (Å²) >= 11 is 0. The van der Waals surface area contributed by atoms with Crippen molar-refractivity contribution in [2.24, 2.45) is 11.8 Å². The molecule has 0 bridgehead atoms. The van der Waals surface area contributed by atoms with Gasteiger partial charge in [0.05, 0.1) is 11.8 Å². The molecule has 1 aliphatic rings. The summed E-state index contributed by atoms with van der Waals surface area (Å²) in [6.07, 6.45) is 4.26. The smallest absolute Gasteiger partial charge is 0.311 e. The van der Waals surface area contributed by atoms with Crippen molar-refractivity contribution in [1.29, 1.82) is 0 Å². The molecule has 4 nitrogen and oxygen atoms in total. The van der Waals surface area contributed by atoms with Crippen LogP contribution in [-0.4, -0.2) is 73.5 Å². The Labute approximate surface area is 118 Å². The van der Waals surface area contributed by atoms with Crippen LogP contribution in [0.25, 0.3) is 0 Å². The number of carboxylic acids is 2. The Kier molecular flexibility index (Phi) is 6.07. The Morgan fingerprint density at radius 2 is 1.85 bits per heavy atom. The number of rotatable bonds is 2. The average Bonchev–Trinajstić information content (AvgIpc) is 2.04. The van der Waals surface area contributed by atoms with Gasteiger partial charge in [0, 0.05) is 51.4 Å². The van der Waals surface area contributed by atoms with Gasteiger partial charge in [0.15, 0.2) is 0 Å². The van der Waals surface area contributed by atoms with Gasteiger partial charge in [0.1, 0.15) is 0 Å². The molecule has 0 spiro atoms. The van der Waals surface area contributed by atoms with Crippen molar-refractivity contribution < 1.29 is 19.8 Å². The van der Waals surface area contributed by atoms with Gasteiger partial charge < -0.3 is 10.2 Å². The third-order valence-corrected chi connectivity index (χ3v) is 2.02. The van der Waals surface area contributed by atoms with E-state index in [0.717, 1.165) is 0 Å². The van der Waals surface area contributed by atoms with E-state index in [4.69, 9.17) is 10.2 Å². The molecule has 1 aliphatic carbocycles. The number of carbonyl (C=O) groups is 2. The first kappa shape index (κ1) is 13.3. The quantitative estimate of drug-likeness (QED) is 0.508. The molecule has 0 aromatic rings. The minimum Gasteiger partial charge on any atom is -0.481 e. The van der Waals surface area contributed by atoms with Crippen molar-refractivity contribution in [3.63, 3.8) is 0 Å². The van der Waals surface area contributed by atoms with Crippen LogP contribution in [0, 0.1) is 11.8 Å². The van der Waals surface area contributed by atoms with Crippen molar-refractivity contribution in [1.82, 2.24) is 0 Å². The largest absolute Gasteiger partial charge is 0.481 e.